The summed E-state index contributed by atoms with van der Waals surface area (Å²) in [7, 11) is -3.83. The average Bonchev–Trinajstić information content (AvgIpc) is 3.33. The number of benzene rings is 3. The van der Waals surface area contributed by atoms with Gasteiger partial charge in [0.1, 0.15) is 5.78 Å². The predicted molar refractivity (Wildman–Crippen MR) is 132 cm³/mol. The molecule has 176 valence electrons. The van der Waals surface area contributed by atoms with Crippen LogP contribution in [0.2, 0.25) is 0 Å². The molecule has 0 radical (unpaired) electrons. The van der Waals surface area contributed by atoms with Gasteiger partial charge < -0.3 is 15.5 Å². The lowest BCUT2D eigenvalue weighted by Gasteiger charge is -2.19. The Kier molecular flexibility index (Phi) is 7.09. The minimum Gasteiger partial charge on any atom is -0.370 e. The molecule has 8 heteroatoms. The molecule has 3 aromatic rings. The maximum Gasteiger partial charge on any atom is 0.256 e. The highest BCUT2D eigenvalue weighted by molar-refractivity contribution is 7.91. The van der Waals surface area contributed by atoms with Crippen LogP contribution in [0.15, 0.2) is 88.7 Å². The molecule has 1 heterocycles. The Labute approximate surface area is 199 Å². The van der Waals surface area contributed by atoms with Crippen LogP contribution in [0.25, 0.3) is 0 Å². The maximum atomic E-state index is 13.1. The van der Waals surface area contributed by atoms with Crippen molar-refractivity contribution in [2.24, 2.45) is 0 Å². The summed E-state index contributed by atoms with van der Waals surface area (Å²) in [6.07, 6.45) is 0.957. The van der Waals surface area contributed by atoms with Crippen molar-refractivity contribution in [3.8, 4) is 0 Å². The number of amides is 1. The van der Waals surface area contributed by atoms with Crippen molar-refractivity contribution in [2.75, 3.05) is 29.9 Å². The van der Waals surface area contributed by atoms with E-state index in [0.29, 0.717) is 12.2 Å². The molecule has 1 fully saturated rings. The number of carbonyl (C=O) groups excluding carboxylic acids is 2. The number of hydrogen-bond donors (Lipinski definition) is 2. The number of hydrogen-bond acceptors (Lipinski definition) is 6. The number of anilines is 2. The Morgan fingerprint density at radius 3 is 2.32 bits per heavy atom. The van der Waals surface area contributed by atoms with Gasteiger partial charge in [-0.1, -0.05) is 30.3 Å². The Morgan fingerprint density at radius 1 is 0.941 bits per heavy atom. The first-order chi connectivity index (χ1) is 16.3. The Morgan fingerprint density at radius 2 is 1.62 bits per heavy atom. The van der Waals surface area contributed by atoms with E-state index in [1.54, 1.807) is 49.4 Å². The molecular weight excluding hydrogens is 450 g/mol. The molecule has 7 nitrogen and oxygen atoms in total. The van der Waals surface area contributed by atoms with Gasteiger partial charge in [0.2, 0.25) is 9.84 Å². The molecule has 0 aliphatic carbocycles. The van der Waals surface area contributed by atoms with E-state index < -0.39 is 15.7 Å². The van der Waals surface area contributed by atoms with Crippen LogP contribution in [-0.2, 0) is 14.6 Å². The van der Waals surface area contributed by atoms with E-state index >= 15 is 0 Å². The number of sulfone groups is 1. The van der Waals surface area contributed by atoms with Crippen molar-refractivity contribution < 1.29 is 18.0 Å². The van der Waals surface area contributed by atoms with E-state index in [-0.39, 0.29) is 27.2 Å². The summed E-state index contributed by atoms with van der Waals surface area (Å²) in [4.78, 5) is 26.5. The molecule has 1 aliphatic heterocycles. The first-order valence-electron chi connectivity index (χ1n) is 11.1. The standard InChI is InChI=1S/C26H27N3O4S/c1-19(30)17-27-21-15-16-29(18-21)22-13-11-20(12-14-22)28-26(31)24-9-5-6-10-25(24)34(32,33)23-7-3-2-4-8-23/h2-14,21,27H,15-18H2,1H3,(H,28,31). The van der Waals surface area contributed by atoms with Crippen molar-refractivity contribution >= 4 is 32.9 Å². The molecule has 0 aromatic heterocycles. The van der Waals surface area contributed by atoms with Gasteiger partial charge in [-0.05, 0) is 61.9 Å². The lowest BCUT2D eigenvalue weighted by Crippen LogP contribution is -2.35. The quantitative estimate of drug-likeness (QED) is 0.515. The second-order valence-corrected chi connectivity index (χ2v) is 10.2. The molecule has 34 heavy (non-hydrogen) atoms. The average molecular weight is 478 g/mol. The van der Waals surface area contributed by atoms with Crippen molar-refractivity contribution in [3.05, 3.63) is 84.4 Å². The van der Waals surface area contributed by atoms with Crippen LogP contribution in [-0.4, -0.2) is 45.8 Å². The molecule has 0 spiro atoms. The fourth-order valence-corrected chi connectivity index (χ4v) is 5.50. The molecule has 0 bridgehead atoms. The summed E-state index contributed by atoms with van der Waals surface area (Å²) in [5.41, 5.74) is 1.69. The second-order valence-electron chi connectivity index (χ2n) is 8.33. The van der Waals surface area contributed by atoms with Gasteiger partial charge >= 0.3 is 0 Å². The summed E-state index contributed by atoms with van der Waals surface area (Å²) < 4.78 is 26.2. The molecule has 4 rings (SSSR count). The highest BCUT2D eigenvalue weighted by Gasteiger charge is 2.25. The molecule has 1 unspecified atom stereocenters. The Balaban J connectivity index is 1.46. The molecule has 1 saturated heterocycles. The smallest absolute Gasteiger partial charge is 0.256 e. The van der Waals surface area contributed by atoms with Crippen molar-refractivity contribution in [2.45, 2.75) is 29.2 Å². The van der Waals surface area contributed by atoms with Crippen LogP contribution >= 0.6 is 0 Å². The molecule has 0 saturated carbocycles. The molecule has 1 atom stereocenters. The first kappa shape index (κ1) is 23.7. The monoisotopic (exact) mass is 477 g/mol. The summed E-state index contributed by atoms with van der Waals surface area (Å²) in [6.45, 7) is 3.64. The maximum absolute atomic E-state index is 13.1. The third kappa shape index (κ3) is 5.35. The summed E-state index contributed by atoms with van der Waals surface area (Å²) in [5.74, 6) is -0.366. The minimum absolute atomic E-state index is 0.0310. The van der Waals surface area contributed by atoms with Crippen LogP contribution in [0.4, 0.5) is 11.4 Å². The number of Topliss-reactive ketones (excluding diaryl/α,β-unsaturated/α-hetero) is 1. The van der Waals surface area contributed by atoms with Crippen molar-refractivity contribution in [1.29, 1.82) is 0 Å². The van der Waals surface area contributed by atoms with Crippen LogP contribution in [0.1, 0.15) is 23.7 Å². The third-order valence-electron chi connectivity index (χ3n) is 5.79. The van der Waals surface area contributed by atoms with E-state index in [9.17, 15) is 18.0 Å². The zero-order valence-electron chi connectivity index (χ0n) is 18.9. The number of nitrogens with one attached hydrogen (secondary N) is 2. The van der Waals surface area contributed by atoms with E-state index in [2.05, 4.69) is 15.5 Å². The van der Waals surface area contributed by atoms with Crippen LogP contribution in [0.3, 0.4) is 0 Å². The fraction of sp³-hybridized carbons (Fsp3) is 0.231. The normalized spacial score (nSPS) is 15.8. The largest absolute Gasteiger partial charge is 0.370 e. The topological polar surface area (TPSA) is 95.6 Å². The molecule has 3 aromatic carbocycles. The van der Waals surface area contributed by atoms with Crippen molar-refractivity contribution in [1.82, 2.24) is 5.32 Å². The lowest BCUT2D eigenvalue weighted by molar-refractivity contribution is -0.116. The minimum atomic E-state index is -3.83. The molecule has 1 amide bonds. The SMILES string of the molecule is CC(=O)CNC1CCN(c2ccc(NC(=O)c3ccccc3S(=O)(=O)c3ccccc3)cc2)C1. The van der Waals surface area contributed by atoms with Gasteiger partial charge in [0, 0.05) is 30.5 Å². The van der Waals surface area contributed by atoms with Gasteiger partial charge in [0.05, 0.1) is 21.9 Å². The van der Waals surface area contributed by atoms with Gasteiger partial charge in [-0.3, -0.25) is 9.59 Å². The lowest BCUT2D eigenvalue weighted by atomic mass is 10.2. The third-order valence-corrected chi connectivity index (χ3v) is 7.62. The van der Waals surface area contributed by atoms with Gasteiger partial charge in [-0.2, -0.15) is 0 Å². The highest BCUT2D eigenvalue weighted by Crippen LogP contribution is 2.26. The number of rotatable bonds is 8. The number of carbonyl (C=O) groups is 2. The van der Waals surface area contributed by atoms with Gasteiger partial charge in [0.15, 0.2) is 0 Å². The summed E-state index contributed by atoms with van der Waals surface area (Å²) >= 11 is 0. The zero-order valence-corrected chi connectivity index (χ0v) is 19.7. The number of ketones is 1. The zero-order chi connectivity index (χ0) is 24.1. The van der Waals surface area contributed by atoms with Gasteiger partial charge in [-0.15, -0.1) is 0 Å². The van der Waals surface area contributed by atoms with Gasteiger partial charge in [0.25, 0.3) is 5.91 Å². The van der Waals surface area contributed by atoms with E-state index in [4.69, 9.17) is 0 Å². The highest BCUT2D eigenvalue weighted by atomic mass is 32.2. The Hall–Kier alpha value is -3.49. The first-order valence-corrected chi connectivity index (χ1v) is 12.6. The second kappa shape index (κ2) is 10.2. The van der Waals surface area contributed by atoms with Crippen LogP contribution in [0, 0.1) is 0 Å². The van der Waals surface area contributed by atoms with Crippen LogP contribution < -0.4 is 15.5 Å². The molecule has 2 N–H and O–H groups in total. The van der Waals surface area contributed by atoms with Crippen LogP contribution in [0.5, 0.6) is 0 Å². The summed E-state index contributed by atoms with van der Waals surface area (Å²) in [5, 5.41) is 6.08. The van der Waals surface area contributed by atoms with E-state index in [1.807, 2.05) is 12.1 Å². The Bertz CT molecular complexity index is 1270. The summed E-state index contributed by atoms with van der Waals surface area (Å²) in [6, 6.07) is 22.0. The van der Waals surface area contributed by atoms with E-state index in [0.717, 1.165) is 25.2 Å². The predicted octanol–water partition coefficient (Wildman–Crippen LogP) is 3.53. The fourth-order valence-electron chi connectivity index (χ4n) is 4.02. The number of nitrogens with zero attached hydrogens (tertiary/aromatic N) is 1. The molecular formula is C26H27N3O4S. The van der Waals surface area contributed by atoms with Crippen molar-refractivity contribution in [3.63, 3.8) is 0 Å². The molecule has 1 aliphatic rings. The van der Waals surface area contributed by atoms with Gasteiger partial charge in [-0.25, -0.2) is 8.42 Å². The van der Waals surface area contributed by atoms with E-state index in [1.165, 1.54) is 24.3 Å².